The van der Waals surface area contributed by atoms with Gasteiger partial charge >= 0.3 is 0 Å². The third kappa shape index (κ3) is 14.7. The number of alkyl halides is 1. The Balaban J connectivity index is 0.000000557. The first-order valence-electron chi connectivity index (χ1n) is 10.9. The molecule has 7 heteroatoms. The Kier molecular flexibility index (Phi) is 19.6. The average molecular weight is 597 g/mol. The Morgan fingerprint density at radius 2 is 1.29 bits per heavy atom. The van der Waals surface area contributed by atoms with Crippen LogP contribution in [0.3, 0.4) is 0 Å². The van der Waals surface area contributed by atoms with Gasteiger partial charge in [0.05, 0.1) is 33.4 Å². The van der Waals surface area contributed by atoms with Crippen LogP contribution in [0.25, 0.3) is 0 Å². The molecule has 35 heavy (non-hydrogen) atoms. The quantitative estimate of drug-likeness (QED) is 0.0864. The number of phenols is 1. The lowest BCUT2D eigenvalue weighted by molar-refractivity contribution is 0.176. The fourth-order valence-corrected chi connectivity index (χ4v) is 2.81. The molecule has 0 unspecified atom stereocenters. The minimum atomic E-state index is 0.172. The van der Waals surface area contributed by atoms with Gasteiger partial charge in [-0.3, -0.25) is 0 Å². The fourth-order valence-electron chi connectivity index (χ4n) is 2.55. The molecule has 0 bridgehead atoms. The van der Waals surface area contributed by atoms with Crippen LogP contribution in [0.15, 0.2) is 87.4 Å². The highest BCUT2D eigenvalue weighted by Gasteiger charge is 2.05. The van der Waals surface area contributed by atoms with E-state index in [1.807, 2.05) is 36.4 Å². The van der Waals surface area contributed by atoms with Gasteiger partial charge in [0.15, 0.2) is 23.0 Å². The monoisotopic (exact) mass is 596 g/mol. The molecule has 192 valence electrons. The molecular formula is C28H37IO6. The first-order valence-corrected chi connectivity index (χ1v) is 12.4. The Morgan fingerprint density at radius 3 is 1.77 bits per heavy atom. The van der Waals surface area contributed by atoms with Crippen LogP contribution < -0.4 is 14.2 Å². The largest absolute Gasteiger partial charge is 0.504 e. The van der Waals surface area contributed by atoms with Gasteiger partial charge in [-0.25, -0.2) is 0 Å². The second-order valence-corrected chi connectivity index (χ2v) is 7.67. The molecule has 0 heterocycles. The molecule has 2 rings (SSSR count). The summed E-state index contributed by atoms with van der Waals surface area (Å²) in [5.74, 6) is 2.12. The standard InChI is InChI=1S/C14H18O3.C10H12O2.C4H7IO/c1-4-6-12-7-8-13(14(11-12)15-3)17-10-9-16-5-2;1-3-4-8-5-6-9(11)10(7-8)12-2;1-2-6-4-3-5/h4-5,7-8,11H,1-2,6,9-10H2,3H3;3,5-7,11H,1,4H2,2H3;2H,1,3-4H2. The van der Waals surface area contributed by atoms with E-state index in [1.165, 1.54) is 19.6 Å². The van der Waals surface area contributed by atoms with Gasteiger partial charge in [-0.15, -0.1) is 13.2 Å². The Morgan fingerprint density at radius 1 is 0.743 bits per heavy atom. The van der Waals surface area contributed by atoms with Crippen LogP contribution in [-0.4, -0.2) is 43.6 Å². The van der Waals surface area contributed by atoms with E-state index in [-0.39, 0.29) is 5.75 Å². The summed E-state index contributed by atoms with van der Waals surface area (Å²) in [7, 11) is 3.16. The van der Waals surface area contributed by atoms with Crippen molar-refractivity contribution in [3.63, 3.8) is 0 Å². The second-order valence-electron chi connectivity index (χ2n) is 6.59. The first-order chi connectivity index (χ1) is 17.0. The summed E-state index contributed by atoms with van der Waals surface area (Å²) < 4.78 is 26.5. The molecule has 0 aliphatic heterocycles. The molecule has 0 aliphatic carbocycles. The van der Waals surface area contributed by atoms with Gasteiger partial charge < -0.3 is 28.8 Å². The lowest BCUT2D eigenvalue weighted by atomic mass is 10.1. The number of benzene rings is 2. The molecule has 0 aromatic heterocycles. The number of phenolic OH excluding ortho intramolecular Hbond substituents is 1. The molecule has 2 aromatic rings. The molecule has 1 N–H and O–H groups in total. The van der Waals surface area contributed by atoms with Gasteiger partial charge in [-0.05, 0) is 48.2 Å². The summed E-state index contributed by atoms with van der Waals surface area (Å²) in [6, 6.07) is 11.1. The summed E-state index contributed by atoms with van der Waals surface area (Å²) in [5.41, 5.74) is 2.23. The molecule has 0 spiro atoms. The number of allylic oxidation sites excluding steroid dienone is 2. The number of halogens is 1. The number of rotatable bonds is 14. The van der Waals surface area contributed by atoms with Crippen molar-refractivity contribution in [1.29, 1.82) is 0 Å². The van der Waals surface area contributed by atoms with Crippen LogP contribution >= 0.6 is 22.6 Å². The zero-order chi connectivity index (χ0) is 26.3. The average Bonchev–Trinajstić information content (AvgIpc) is 2.88. The molecule has 0 saturated heterocycles. The second kappa shape index (κ2) is 21.5. The molecule has 0 saturated carbocycles. The van der Waals surface area contributed by atoms with E-state index >= 15 is 0 Å². The van der Waals surface area contributed by atoms with Crippen molar-refractivity contribution in [1.82, 2.24) is 0 Å². The first kappa shape index (κ1) is 31.9. The van der Waals surface area contributed by atoms with E-state index < -0.39 is 0 Å². The molecule has 6 nitrogen and oxygen atoms in total. The summed E-state index contributed by atoms with van der Waals surface area (Å²) in [6.07, 6.45) is 8.12. The molecule has 0 amide bonds. The van der Waals surface area contributed by atoms with E-state index in [9.17, 15) is 5.11 Å². The van der Waals surface area contributed by atoms with Gasteiger partial charge in [0.1, 0.15) is 13.2 Å². The maximum Gasteiger partial charge on any atom is 0.161 e. The van der Waals surface area contributed by atoms with Crippen LogP contribution in [0.1, 0.15) is 11.1 Å². The normalized spacial score (nSPS) is 9.11. The third-order valence-electron chi connectivity index (χ3n) is 4.12. The van der Waals surface area contributed by atoms with Gasteiger partial charge in [-0.1, -0.05) is 60.0 Å². The van der Waals surface area contributed by atoms with Crippen LogP contribution in [0.2, 0.25) is 0 Å². The fraction of sp³-hybridized carbons (Fsp3) is 0.286. The SMILES string of the molecule is C=CCc1ccc(O)c(OC)c1.C=CCc1ccc(OCCOC=C)c(OC)c1.C=COCCI. The van der Waals surface area contributed by atoms with Gasteiger partial charge in [0.25, 0.3) is 0 Å². The number of methoxy groups -OCH3 is 2. The predicted molar refractivity (Wildman–Crippen MR) is 152 cm³/mol. The lowest BCUT2D eigenvalue weighted by Gasteiger charge is -2.11. The molecule has 0 fully saturated rings. The predicted octanol–water partition coefficient (Wildman–Crippen LogP) is 6.67. The van der Waals surface area contributed by atoms with Crippen LogP contribution in [0.5, 0.6) is 23.0 Å². The van der Waals surface area contributed by atoms with Crippen molar-refractivity contribution in [2.75, 3.05) is 38.5 Å². The topological polar surface area (TPSA) is 66.4 Å². The Hall–Kier alpha value is -3.07. The van der Waals surface area contributed by atoms with E-state index in [4.69, 9.17) is 23.7 Å². The molecule has 0 radical (unpaired) electrons. The van der Waals surface area contributed by atoms with Crippen molar-refractivity contribution < 1.29 is 28.8 Å². The van der Waals surface area contributed by atoms with Crippen LogP contribution in [0.4, 0.5) is 0 Å². The summed E-state index contributed by atoms with van der Waals surface area (Å²) >= 11 is 2.24. The molecule has 2 aromatic carbocycles. The zero-order valence-electron chi connectivity index (χ0n) is 20.7. The maximum absolute atomic E-state index is 9.25. The summed E-state index contributed by atoms with van der Waals surface area (Å²) in [6.45, 7) is 15.9. The van der Waals surface area contributed by atoms with Crippen LogP contribution in [-0.2, 0) is 22.3 Å². The molecular weight excluding hydrogens is 559 g/mol. The van der Waals surface area contributed by atoms with E-state index in [0.717, 1.165) is 40.8 Å². The minimum Gasteiger partial charge on any atom is -0.504 e. The number of aromatic hydroxyl groups is 1. The third-order valence-corrected chi connectivity index (χ3v) is 4.56. The van der Waals surface area contributed by atoms with Crippen LogP contribution in [0, 0.1) is 0 Å². The van der Waals surface area contributed by atoms with E-state index in [2.05, 4.69) is 48.9 Å². The van der Waals surface area contributed by atoms with Crippen molar-refractivity contribution in [3.8, 4) is 23.0 Å². The summed E-state index contributed by atoms with van der Waals surface area (Å²) in [4.78, 5) is 0. The highest BCUT2D eigenvalue weighted by Crippen LogP contribution is 2.28. The summed E-state index contributed by atoms with van der Waals surface area (Å²) in [5, 5.41) is 9.25. The minimum absolute atomic E-state index is 0.172. The number of hydrogen-bond donors (Lipinski definition) is 1. The number of ether oxygens (including phenoxy) is 5. The molecule has 0 aliphatic rings. The van der Waals surface area contributed by atoms with Crippen molar-refractivity contribution >= 4 is 22.6 Å². The van der Waals surface area contributed by atoms with Crippen molar-refractivity contribution in [2.45, 2.75) is 12.8 Å². The Bertz CT molecular complexity index is 882. The highest BCUT2D eigenvalue weighted by atomic mass is 127. The van der Waals surface area contributed by atoms with Gasteiger partial charge in [0.2, 0.25) is 0 Å². The van der Waals surface area contributed by atoms with Gasteiger partial charge in [-0.2, -0.15) is 0 Å². The lowest BCUT2D eigenvalue weighted by Crippen LogP contribution is -2.05. The van der Waals surface area contributed by atoms with E-state index in [0.29, 0.717) is 24.7 Å². The maximum atomic E-state index is 9.25. The number of hydrogen-bond acceptors (Lipinski definition) is 6. The smallest absolute Gasteiger partial charge is 0.161 e. The zero-order valence-corrected chi connectivity index (χ0v) is 22.9. The Labute approximate surface area is 223 Å². The van der Waals surface area contributed by atoms with Gasteiger partial charge in [0, 0.05) is 4.43 Å². The van der Waals surface area contributed by atoms with Crippen molar-refractivity contribution in [2.24, 2.45) is 0 Å². The highest BCUT2D eigenvalue weighted by molar-refractivity contribution is 14.1. The van der Waals surface area contributed by atoms with E-state index in [1.54, 1.807) is 19.2 Å². The molecule has 0 atom stereocenters. The van der Waals surface area contributed by atoms with Crippen molar-refractivity contribution in [3.05, 3.63) is 98.5 Å².